The summed E-state index contributed by atoms with van der Waals surface area (Å²) < 4.78 is 23.2. The minimum Gasteiger partial charge on any atom is -0.369 e. The maximum Gasteiger partial charge on any atom is 0.153 e. The fourth-order valence-corrected chi connectivity index (χ4v) is 5.23. The molecule has 2 heterocycles. The molecule has 2 saturated heterocycles. The molecule has 0 spiro atoms. The first kappa shape index (κ1) is 17.6. The molecule has 2 aromatic rings. The number of nitrogens with one attached hydrogen (secondary N) is 1. The number of rotatable bonds is 4. The highest BCUT2D eigenvalue weighted by Crippen LogP contribution is 2.29. The van der Waals surface area contributed by atoms with E-state index in [0.717, 1.165) is 12.1 Å². The Hall–Kier alpha value is -1.85. The van der Waals surface area contributed by atoms with E-state index in [2.05, 4.69) is 64.8 Å². The van der Waals surface area contributed by atoms with Crippen molar-refractivity contribution in [2.75, 3.05) is 29.5 Å². The van der Waals surface area contributed by atoms with E-state index in [1.165, 1.54) is 24.0 Å². The molecule has 2 atom stereocenters. The van der Waals surface area contributed by atoms with E-state index >= 15 is 0 Å². The van der Waals surface area contributed by atoms with Crippen molar-refractivity contribution in [3.05, 3.63) is 65.7 Å². The van der Waals surface area contributed by atoms with Crippen LogP contribution >= 0.6 is 0 Å². The van der Waals surface area contributed by atoms with Crippen LogP contribution < -0.4 is 10.2 Å². The van der Waals surface area contributed by atoms with Crippen LogP contribution in [0.15, 0.2) is 54.6 Å². The van der Waals surface area contributed by atoms with Crippen LogP contribution in [0.5, 0.6) is 0 Å². The molecule has 0 saturated carbocycles. The van der Waals surface area contributed by atoms with Gasteiger partial charge in [-0.3, -0.25) is 0 Å². The van der Waals surface area contributed by atoms with Gasteiger partial charge in [0.05, 0.1) is 11.5 Å². The largest absolute Gasteiger partial charge is 0.369 e. The third kappa shape index (κ3) is 4.10. The van der Waals surface area contributed by atoms with Crippen molar-refractivity contribution in [2.45, 2.75) is 31.3 Å². The van der Waals surface area contributed by atoms with Crippen LogP contribution in [0.1, 0.15) is 30.0 Å². The molecular formula is C21H26N2O2S. The lowest BCUT2D eigenvalue weighted by atomic mass is 10.0. The molecule has 1 N–H and O–H groups in total. The van der Waals surface area contributed by atoms with Crippen molar-refractivity contribution in [1.29, 1.82) is 0 Å². The lowest BCUT2D eigenvalue weighted by Gasteiger charge is -2.29. The highest BCUT2D eigenvalue weighted by atomic mass is 32.2. The number of hydrogen-bond donors (Lipinski definition) is 1. The van der Waals surface area contributed by atoms with E-state index in [1.54, 1.807) is 0 Å². The molecule has 0 aromatic heterocycles. The molecule has 2 aliphatic heterocycles. The van der Waals surface area contributed by atoms with Gasteiger partial charge in [0.15, 0.2) is 9.84 Å². The molecule has 2 unspecified atom stereocenters. The maximum atomic E-state index is 11.6. The van der Waals surface area contributed by atoms with Crippen LogP contribution in [0, 0.1) is 0 Å². The molecule has 4 rings (SSSR count). The number of hydrogen-bond acceptors (Lipinski definition) is 4. The van der Waals surface area contributed by atoms with Gasteiger partial charge in [0.2, 0.25) is 0 Å². The van der Waals surface area contributed by atoms with Gasteiger partial charge in [-0.1, -0.05) is 42.5 Å². The van der Waals surface area contributed by atoms with Crippen molar-refractivity contribution in [2.24, 2.45) is 0 Å². The number of anilines is 1. The SMILES string of the molecule is O=S1(=O)CCN(c2ccc(C3CCC(Cc4ccccc4)N3)cc2)CC1. The molecule has 26 heavy (non-hydrogen) atoms. The fourth-order valence-electron chi connectivity index (χ4n) is 4.03. The van der Waals surface area contributed by atoms with Gasteiger partial charge in [0.1, 0.15) is 0 Å². The molecule has 138 valence electrons. The molecule has 4 nitrogen and oxygen atoms in total. The van der Waals surface area contributed by atoms with E-state index in [0.29, 0.717) is 25.2 Å². The van der Waals surface area contributed by atoms with Crippen LogP contribution in [-0.2, 0) is 16.3 Å². The normalized spacial score (nSPS) is 25.3. The summed E-state index contributed by atoms with van der Waals surface area (Å²) in [5.41, 5.74) is 3.84. The Kier molecular flexibility index (Phi) is 5.00. The fraction of sp³-hybridized carbons (Fsp3) is 0.429. The van der Waals surface area contributed by atoms with Crippen LogP contribution in [0.25, 0.3) is 0 Å². The summed E-state index contributed by atoms with van der Waals surface area (Å²) in [6.45, 7) is 1.20. The third-order valence-electron chi connectivity index (χ3n) is 5.57. The smallest absolute Gasteiger partial charge is 0.153 e. The highest BCUT2D eigenvalue weighted by molar-refractivity contribution is 7.91. The predicted molar refractivity (Wildman–Crippen MR) is 106 cm³/mol. The second-order valence-corrected chi connectivity index (χ2v) is 9.72. The summed E-state index contributed by atoms with van der Waals surface area (Å²) >= 11 is 0. The Labute approximate surface area is 156 Å². The third-order valence-corrected chi connectivity index (χ3v) is 7.18. The van der Waals surface area contributed by atoms with Gasteiger partial charge in [-0.25, -0.2) is 8.42 Å². The summed E-state index contributed by atoms with van der Waals surface area (Å²) in [5, 5.41) is 3.77. The van der Waals surface area contributed by atoms with E-state index in [9.17, 15) is 8.42 Å². The minimum absolute atomic E-state index is 0.264. The molecule has 5 heteroatoms. The quantitative estimate of drug-likeness (QED) is 0.899. The Balaban J connectivity index is 1.36. The molecule has 0 amide bonds. The number of nitrogens with zero attached hydrogens (tertiary/aromatic N) is 1. The summed E-state index contributed by atoms with van der Waals surface area (Å²) in [4.78, 5) is 2.17. The van der Waals surface area contributed by atoms with Crippen molar-refractivity contribution >= 4 is 15.5 Å². The van der Waals surface area contributed by atoms with Crippen LogP contribution in [-0.4, -0.2) is 39.1 Å². The monoisotopic (exact) mass is 370 g/mol. The van der Waals surface area contributed by atoms with E-state index in [-0.39, 0.29) is 11.5 Å². The van der Waals surface area contributed by atoms with E-state index in [4.69, 9.17) is 0 Å². The molecule has 2 aromatic carbocycles. The second-order valence-electron chi connectivity index (χ2n) is 7.41. The predicted octanol–water partition coefficient (Wildman–Crippen LogP) is 2.96. The topological polar surface area (TPSA) is 49.4 Å². The molecule has 0 aliphatic carbocycles. The molecule has 2 aliphatic rings. The van der Waals surface area contributed by atoms with Crippen molar-refractivity contribution in [3.8, 4) is 0 Å². The molecule has 0 bridgehead atoms. The highest BCUT2D eigenvalue weighted by Gasteiger charge is 2.25. The zero-order valence-corrected chi connectivity index (χ0v) is 15.8. The second kappa shape index (κ2) is 7.41. The first-order valence-electron chi connectivity index (χ1n) is 9.44. The molecular weight excluding hydrogens is 344 g/mol. The van der Waals surface area contributed by atoms with E-state index < -0.39 is 9.84 Å². The summed E-state index contributed by atoms with van der Waals surface area (Å²) in [7, 11) is -2.83. The van der Waals surface area contributed by atoms with Gasteiger partial charge in [-0.2, -0.15) is 0 Å². The van der Waals surface area contributed by atoms with Gasteiger partial charge < -0.3 is 10.2 Å². The molecule has 0 radical (unpaired) electrons. The number of benzene rings is 2. The van der Waals surface area contributed by atoms with Crippen LogP contribution in [0.3, 0.4) is 0 Å². The van der Waals surface area contributed by atoms with Crippen LogP contribution in [0.2, 0.25) is 0 Å². The van der Waals surface area contributed by atoms with Gasteiger partial charge in [-0.05, 0) is 42.5 Å². The first-order chi connectivity index (χ1) is 12.6. The van der Waals surface area contributed by atoms with Gasteiger partial charge >= 0.3 is 0 Å². The van der Waals surface area contributed by atoms with Gasteiger partial charge in [0, 0.05) is 30.9 Å². The van der Waals surface area contributed by atoms with Gasteiger partial charge in [-0.15, -0.1) is 0 Å². The van der Waals surface area contributed by atoms with Gasteiger partial charge in [0.25, 0.3) is 0 Å². The Morgan fingerprint density at radius 1 is 0.923 bits per heavy atom. The average Bonchev–Trinajstić information content (AvgIpc) is 3.11. The Morgan fingerprint density at radius 3 is 2.31 bits per heavy atom. The Morgan fingerprint density at radius 2 is 1.62 bits per heavy atom. The van der Waals surface area contributed by atoms with Crippen LogP contribution in [0.4, 0.5) is 5.69 Å². The summed E-state index contributed by atoms with van der Waals surface area (Å²) in [5.74, 6) is 0.528. The number of sulfone groups is 1. The average molecular weight is 371 g/mol. The first-order valence-corrected chi connectivity index (χ1v) is 11.3. The minimum atomic E-state index is -2.83. The Bertz CT molecular complexity index is 820. The van der Waals surface area contributed by atoms with Crippen molar-refractivity contribution < 1.29 is 8.42 Å². The lowest BCUT2D eigenvalue weighted by molar-refractivity contribution is 0.550. The van der Waals surface area contributed by atoms with Crippen molar-refractivity contribution in [3.63, 3.8) is 0 Å². The lowest BCUT2D eigenvalue weighted by Crippen LogP contribution is -2.40. The van der Waals surface area contributed by atoms with E-state index in [1.807, 2.05) is 0 Å². The summed E-state index contributed by atoms with van der Waals surface area (Å²) in [6, 6.07) is 20.3. The summed E-state index contributed by atoms with van der Waals surface area (Å²) in [6.07, 6.45) is 3.45. The standard InChI is InChI=1S/C21H26N2O2S/c24-26(25)14-12-23(13-15-26)20-9-6-18(7-10-20)21-11-8-19(22-21)16-17-4-2-1-3-5-17/h1-7,9-10,19,21-22H,8,11-16H2. The zero-order chi connectivity index (χ0) is 18.0. The van der Waals surface area contributed by atoms with Crippen molar-refractivity contribution in [1.82, 2.24) is 5.32 Å². The zero-order valence-electron chi connectivity index (χ0n) is 15.0. The maximum absolute atomic E-state index is 11.6. The molecule has 2 fully saturated rings.